The zero-order valence-electron chi connectivity index (χ0n) is 10.9. The first-order chi connectivity index (χ1) is 7.18. The van der Waals surface area contributed by atoms with Crippen LogP contribution in [-0.2, 0) is 9.84 Å². The van der Waals surface area contributed by atoms with Crippen molar-refractivity contribution in [2.75, 3.05) is 44.7 Å². The van der Waals surface area contributed by atoms with E-state index in [2.05, 4.69) is 30.6 Å². The van der Waals surface area contributed by atoms with Crippen LogP contribution in [0.5, 0.6) is 0 Å². The quantitative estimate of drug-likeness (QED) is 0.727. The lowest BCUT2D eigenvalue weighted by molar-refractivity contribution is 0.0651. The van der Waals surface area contributed by atoms with Crippen molar-refractivity contribution in [3.8, 4) is 0 Å². The molecule has 1 heterocycles. The maximum atomic E-state index is 11.1. The minimum Gasteiger partial charge on any atom is -0.300 e. The van der Waals surface area contributed by atoms with Gasteiger partial charge in [-0.25, -0.2) is 8.42 Å². The van der Waals surface area contributed by atoms with E-state index in [0.717, 1.165) is 26.2 Å². The first-order valence-corrected chi connectivity index (χ1v) is 7.90. The van der Waals surface area contributed by atoms with Crippen LogP contribution < -0.4 is 0 Å². The molecule has 0 aliphatic carbocycles. The Kier molecular flexibility index (Phi) is 4.37. The molecule has 1 saturated heterocycles. The maximum Gasteiger partial charge on any atom is 0.148 e. The molecule has 5 heteroatoms. The van der Waals surface area contributed by atoms with Crippen LogP contribution in [0.4, 0.5) is 0 Å². The molecule has 4 nitrogen and oxygen atoms in total. The molecule has 1 aliphatic heterocycles. The van der Waals surface area contributed by atoms with Gasteiger partial charge in [0.15, 0.2) is 0 Å². The van der Waals surface area contributed by atoms with E-state index in [0.29, 0.717) is 6.54 Å². The third-order valence-corrected chi connectivity index (χ3v) is 4.02. The Morgan fingerprint density at radius 3 is 1.94 bits per heavy atom. The fourth-order valence-electron chi connectivity index (χ4n) is 1.94. The van der Waals surface area contributed by atoms with Crippen molar-refractivity contribution in [2.45, 2.75) is 26.3 Å². The highest BCUT2D eigenvalue weighted by Gasteiger charge is 2.25. The standard InChI is InChI=1S/C11H24N2O2S/c1-11(2,3)13-7-5-12(6-8-13)9-10-16(4,14)15/h5-10H2,1-4H3. The van der Waals surface area contributed by atoms with Crippen molar-refractivity contribution < 1.29 is 8.42 Å². The molecule has 0 atom stereocenters. The zero-order valence-corrected chi connectivity index (χ0v) is 11.7. The highest BCUT2D eigenvalue weighted by Crippen LogP contribution is 2.15. The highest BCUT2D eigenvalue weighted by molar-refractivity contribution is 7.90. The molecular formula is C11H24N2O2S. The summed E-state index contributed by atoms with van der Waals surface area (Å²) in [7, 11) is -2.82. The molecule has 96 valence electrons. The molecule has 0 radical (unpaired) electrons. The fourth-order valence-corrected chi connectivity index (χ4v) is 2.53. The first-order valence-electron chi connectivity index (χ1n) is 5.84. The molecule has 0 saturated carbocycles. The van der Waals surface area contributed by atoms with Crippen molar-refractivity contribution in [1.82, 2.24) is 9.80 Å². The maximum absolute atomic E-state index is 11.1. The van der Waals surface area contributed by atoms with E-state index in [9.17, 15) is 8.42 Å². The van der Waals surface area contributed by atoms with Crippen LogP contribution in [0.15, 0.2) is 0 Å². The third-order valence-electron chi connectivity index (χ3n) is 3.10. The molecule has 0 unspecified atom stereocenters. The summed E-state index contributed by atoms with van der Waals surface area (Å²) >= 11 is 0. The molecule has 0 aromatic carbocycles. The van der Waals surface area contributed by atoms with Crippen LogP contribution in [0, 0.1) is 0 Å². The lowest BCUT2D eigenvalue weighted by Gasteiger charge is -2.42. The molecule has 0 aromatic heterocycles. The monoisotopic (exact) mass is 248 g/mol. The van der Waals surface area contributed by atoms with Gasteiger partial charge in [-0.15, -0.1) is 0 Å². The van der Waals surface area contributed by atoms with Gasteiger partial charge in [-0.3, -0.25) is 9.80 Å². The molecule has 0 spiro atoms. The Morgan fingerprint density at radius 1 is 1.06 bits per heavy atom. The summed E-state index contributed by atoms with van der Waals surface area (Å²) in [6, 6.07) is 0. The Labute approximate surface area is 99.5 Å². The second kappa shape index (κ2) is 5.02. The Hall–Kier alpha value is -0.130. The van der Waals surface area contributed by atoms with Crippen LogP contribution in [0.25, 0.3) is 0 Å². The molecule has 1 rings (SSSR count). The third kappa shape index (κ3) is 4.80. The van der Waals surface area contributed by atoms with Crippen LogP contribution in [0.1, 0.15) is 20.8 Å². The Bertz CT molecular complexity index is 311. The average molecular weight is 248 g/mol. The number of hydrogen-bond donors (Lipinski definition) is 0. The van der Waals surface area contributed by atoms with Crippen molar-refractivity contribution in [3.63, 3.8) is 0 Å². The summed E-state index contributed by atoms with van der Waals surface area (Å²) in [5.74, 6) is 0.280. The van der Waals surface area contributed by atoms with Crippen LogP contribution in [-0.4, -0.2) is 68.5 Å². The van der Waals surface area contributed by atoms with Gasteiger partial charge in [0, 0.05) is 44.5 Å². The minimum atomic E-state index is -2.82. The van der Waals surface area contributed by atoms with Crippen molar-refractivity contribution >= 4 is 9.84 Å². The van der Waals surface area contributed by atoms with E-state index in [1.165, 1.54) is 6.26 Å². The second-order valence-corrected chi connectivity index (χ2v) is 7.89. The molecular weight excluding hydrogens is 224 g/mol. The highest BCUT2D eigenvalue weighted by atomic mass is 32.2. The fraction of sp³-hybridized carbons (Fsp3) is 1.00. The van der Waals surface area contributed by atoms with Crippen LogP contribution in [0.3, 0.4) is 0 Å². The van der Waals surface area contributed by atoms with Gasteiger partial charge in [0.2, 0.25) is 0 Å². The number of sulfone groups is 1. The normalized spacial score (nSPS) is 21.2. The van der Waals surface area contributed by atoms with Crippen molar-refractivity contribution in [2.24, 2.45) is 0 Å². The van der Waals surface area contributed by atoms with Crippen molar-refractivity contribution in [1.29, 1.82) is 0 Å². The van der Waals surface area contributed by atoms with Gasteiger partial charge in [-0.05, 0) is 20.8 Å². The topological polar surface area (TPSA) is 40.6 Å². The lowest BCUT2D eigenvalue weighted by Crippen LogP contribution is -2.53. The van der Waals surface area contributed by atoms with Gasteiger partial charge in [0.05, 0.1) is 5.75 Å². The summed E-state index contributed by atoms with van der Waals surface area (Å²) < 4.78 is 22.1. The van der Waals surface area contributed by atoms with Crippen LogP contribution in [0.2, 0.25) is 0 Å². The molecule has 0 aromatic rings. The summed E-state index contributed by atoms with van der Waals surface area (Å²) in [6.45, 7) is 11.4. The summed E-state index contributed by atoms with van der Waals surface area (Å²) in [4.78, 5) is 4.69. The van der Waals surface area contributed by atoms with Gasteiger partial charge in [-0.2, -0.15) is 0 Å². The predicted molar refractivity (Wildman–Crippen MR) is 67.5 cm³/mol. The largest absolute Gasteiger partial charge is 0.300 e. The smallest absolute Gasteiger partial charge is 0.148 e. The molecule has 0 amide bonds. The molecule has 16 heavy (non-hydrogen) atoms. The number of piperazine rings is 1. The number of nitrogens with zero attached hydrogens (tertiary/aromatic N) is 2. The van der Waals surface area contributed by atoms with E-state index < -0.39 is 9.84 Å². The molecule has 0 N–H and O–H groups in total. The average Bonchev–Trinajstić information content (AvgIpc) is 2.13. The number of hydrogen-bond acceptors (Lipinski definition) is 4. The first kappa shape index (κ1) is 13.9. The van der Waals surface area contributed by atoms with Gasteiger partial charge >= 0.3 is 0 Å². The minimum absolute atomic E-state index is 0.225. The zero-order chi connectivity index (χ0) is 12.4. The summed E-state index contributed by atoms with van der Waals surface area (Å²) in [5, 5.41) is 0. The van der Waals surface area contributed by atoms with Gasteiger partial charge in [-0.1, -0.05) is 0 Å². The van der Waals surface area contributed by atoms with Crippen LogP contribution >= 0.6 is 0 Å². The molecule has 1 fully saturated rings. The molecule has 1 aliphatic rings. The second-order valence-electron chi connectivity index (χ2n) is 5.63. The number of rotatable bonds is 3. The van der Waals surface area contributed by atoms with Gasteiger partial charge in [0.25, 0.3) is 0 Å². The Balaban J connectivity index is 2.33. The van der Waals surface area contributed by atoms with Crippen molar-refractivity contribution in [3.05, 3.63) is 0 Å². The molecule has 0 bridgehead atoms. The van der Waals surface area contributed by atoms with Gasteiger partial charge < -0.3 is 0 Å². The lowest BCUT2D eigenvalue weighted by atomic mass is 10.1. The van der Waals surface area contributed by atoms with E-state index in [1.54, 1.807) is 0 Å². The summed E-state index contributed by atoms with van der Waals surface area (Å²) in [5.41, 5.74) is 0.225. The van der Waals surface area contributed by atoms with Gasteiger partial charge in [0.1, 0.15) is 9.84 Å². The SMILES string of the molecule is CC(C)(C)N1CCN(CCS(C)(=O)=O)CC1. The Morgan fingerprint density at radius 2 is 1.56 bits per heavy atom. The van der Waals surface area contributed by atoms with E-state index in [1.807, 2.05) is 0 Å². The van der Waals surface area contributed by atoms with E-state index in [-0.39, 0.29) is 11.3 Å². The van der Waals surface area contributed by atoms with E-state index in [4.69, 9.17) is 0 Å². The van der Waals surface area contributed by atoms with E-state index >= 15 is 0 Å². The predicted octanol–water partition coefficient (Wildman–Crippen LogP) is 0.447. The summed E-state index contributed by atoms with van der Waals surface area (Å²) in [6.07, 6.45) is 1.30.